The largest absolute Gasteiger partial charge is 0.496 e. The van der Waals surface area contributed by atoms with Crippen molar-refractivity contribution >= 4 is 5.91 Å². The van der Waals surface area contributed by atoms with E-state index in [9.17, 15) is 4.79 Å². The topological polar surface area (TPSA) is 41.6 Å². The number of rotatable bonds is 6. The molecule has 4 nitrogen and oxygen atoms in total. The van der Waals surface area contributed by atoms with Gasteiger partial charge in [0.15, 0.2) is 0 Å². The second-order valence-corrected chi connectivity index (χ2v) is 5.87. The van der Waals surface area contributed by atoms with Crippen molar-refractivity contribution in [2.24, 2.45) is 0 Å². The monoisotopic (exact) mass is 290 g/mol. The highest BCUT2D eigenvalue weighted by Crippen LogP contribution is 2.20. The van der Waals surface area contributed by atoms with E-state index in [0.717, 1.165) is 30.7 Å². The van der Waals surface area contributed by atoms with Gasteiger partial charge in [-0.2, -0.15) is 0 Å². The lowest BCUT2D eigenvalue weighted by molar-refractivity contribution is -0.132. The van der Waals surface area contributed by atoms with Crippen molar-refractivity contribution < 1.29 is 9.53 Å². The predicted octanol–water partition coefficient (Wildman–Crippen LogP) is 2.23. The van der Waals surface area contributed by atoms with Crippen LogP contribution in [0.1, 0.15) is 31.7 Å². The summed E-state index contributed by atoms with van der Waals surface area (Å²) >= 11 is 0. The average molecular weight is 290 g/mol. The highest BCUT2D eigenvalue weighted by atomic mass is 16.5. The molecule has 1 aromatic carbocycles. The number of ether oxygens (including phenoxy) is 1. The standard InChI is InChI=1S/C17H26N2O2/c1-13(11-14-7-4-5-9-16(14)21-3)19(2)17(20)12-15-8-6-10-18-15/h4-5,7,9,13,15,18H,6,8,10-12H2,1-3H3. The lowest BCUT2D eigenvalue weighted by Gasteiger charge is -2.27. The molecule has 1 amide bonds. The van der Waals surface area contributed by atoms with Gasteiger partial charge in [0.05, 0.1) is 7.11 Å². The van der Waals surface area contributed by atoms with Gasteiger partial charge in [0.1, 0.15) is 5.75 Å². The molecule has 2 atom stereocenters. The molecule has 0 aliphatic carbocycles. The lowest BCUT2D eigenvalue weighted by Crippen LogP contribution is -2.39. The Bertz CT molecular complexity index is 470. The van der Waals surface area contributed by atoms with Crippen LogP contribution in [0.4, 0.5) is 0 Å². The van der Waals surface area contributed by atoms with Gasteiger partial charge in [-0.15, -0.1) is 0 Å². The molecule has 1 heterocycles. The molecule has 1 aliphatic rings. The van der Waals surface area contributed by atoms with Crippen LogP contribution in [-0.4, -0.2) is 43.6 Å². The van der Waals surface area contributed by atoms with Gasteiger partial charge in [-0.05, 0) is 44.4 Å². The van der Waals surface area contributed by atoms with Crippen LogP contribution in [0.5, 0.6) is 5.75 Å². The van der Waals surface area contributed by atoms with Crippen LogP contribution >= 0.6 is 0 Å². The Balaban J connectivity index is 1.92. The fraction of sp³-hybridized carbons (Fsp3) is 0.588. The molecular formula is C17H26N2O2. The summed E-state index contributed by atoms with van der Waals surface area (Å²) in [5.74, 6) is 1.11. The number of nitrogens with zero attached hydrogens (tertiary/aromatic N) is 1. The minimum atomic E-state index is 0.162. The molecule has 21 heavy (non-hydrogen) atoms. The molecular weight excluding hydrogens is 264 g/mol. The van der Waals surface area contributed by atoms with Crippen LogP contribution in [0.25, 0.3) is 0 Å². The molecule has 1 N–H and O–H groups in total. The lowest BCUT2D eigenvalue weighted by atomic mass is 10.0. The van der Waals surface area contributed by atoms with Gasteiger partial charge in [-0.25, -0.2) is 0 Å². The van der Waals surface area contributed by atoms with Crippen LogP contribution < -0.4 is 10.1 Å². The number of hydrogen-bond donors (Lipinski definition) is 1. The van der Waals surface area contributed by atoms with Gasteiger partial charge in [0.2, 0.25) is 5.91 Å². The summed E-state index contributed by atoms with van der Waals surface area (Å²) in [4.78, 5) is 14.2. The number of carbonyl (C=O) groups excluding carboxylic acids is 1. The summed E-state index contributed by atoms with van der Waals surface area (Å²) in [6.45, 7) is 3.13. The molecule has 1 aromatic rings. The first-order valence-electron chi connectivity index (χ1n) is 7.72. The van der Waals surface area contributed by atoms with Crippen molar-refractivity contribution in [2.45, 2.75) is 44.7 Å². The number of hydrogen-bond acceptors (Lipinski definition) is 3. The zero-order chi connectivity index (χ0) is 15.2. The van der Waals surface area contributed by atoms with E-state index < -0.39 is 0 Å². The molecule has 2 unspecified atom stereocenters. The van der Waals surface area contributed by atoms with E-state index >= 15 is 0 Å². The van der Waals surface area contributed by atoms with Gasteiger partial charge in [-0.1, -0.05) is 18.2 Å². The first-order valence-corrected chi connectivity index (χ1v) is 7.72. The maximum absolute atomic E-state index is 12.3. The molecule has 0 bridgehead atoms. The smallest absolute Gasteiger partial charge is 0.224 e. The van der Waals surface area contributed by atoms with E-state index in [1.54, 1.807) is 7.11 Å². The van der Waals surface area contributed by atoms with Crippen LogP contribution in [0.3, 0.4) is 0 Å². The Morgan fingerprint density at radius 3 is 2.90 bits per heavy atom. The van der Waals surface area contributed by atoms with Crippen LogP contribution in [0.15, 0.2) is 24.3 Å². The molecule has 1 fully saturated rings. The van der Waals surface area contributed by atoms with E-state index in [4.69, 9.17) is 4.74 Å². The van der Waals surface area contributed by atoms with E-state index in [-0.39, 0.29) is 11.9 Å². The van der Waals surface area contributed by atoms with E-state index in [0.29, 0.717) is 12.5 Å². The summed E-state index contributed by atoms with van der Waals surface area (Å²) in [5.41, 5.74) is 1.14. The summed E-state index contributed by atoms with van der Waals surface area (Å²) in [6, 6.07) is 8.52. The number of amides is 1. The van der Waals surface area contributed by atoms with Crippen molar-refractivity contribution in [3.05, 3.63) is 29.8 Å². The Morgan fingerprint density at radius 2 is 2.24 bits per heavy atom. The quantitative estimate of drug-likeness (QED) is 0.873. The van der Waals surface area contributed by atoms with Crippen LogP contribution in [0.2, 0.25) is 0 Å². The Hall–Kier alpha value is -1.55. The number of nitrogens with one attached hydrogen (secondary N) is 1. The van der Waals surface area contributed by atoms with Crippen molar-refractivity contribution in [2.75, 3.05) is 20.7 Å². The Morgan fingerprint density at radius 1 is 1.48 bits per heavy atom. The number of carbonyl (C=O) groups is 1. The van der Waals surface area contributed by atoms with Crippen LogP contribution in [0, 0.1) is 0 Å². The molecule has 0 spiro atoms. The third-order valence-electron chi connectivity index (χ3n) is 4.35. The number of benzene rings is 1. The highest BCUT2D eigenvalue weighted by Gasteiger charge is 2.22. The molecule has 1 aliphatic heterocycles. The average Bonchev–Trinajstić information content (AvgIpc) is 2.99. The fourth-order valence-electron chi connectivity index (χ4n) is 2.86. The molecule has 0 saturated carbocycles. The summed E-state index contributed by atoms with van der Waals surface area (Å²) in [7, 11) is 3.58. The van der Waals surface area contributed by atoms with Gasteiger partial charge in [0.25, 0.3) is 0 Å². The third kappa shape index (κ3) is 4.21. The fourth-order valence-corrected chi connectivity index (χ4v) is 2.86. The van der Waals surface area contributed by atoms with E-state index in [1.807, 2.05) is 30.1 Å². The SMILES string of the molecule is COc1ccccc1CC(C)N(C)C(=O)CC1CCCN1. The maximum atomic E-state index is 12.3. The maximum Gasteiger partial charge on any atom is 0.224 e. The second kappa shape index (κ2) is 7.46. The van der Waals surface area contributed by atoms with E-state index in [1.165, 1.54) is 6.42 Å². The van der Waals surface area contributed by atoms with Gasteiger partial charge in [0, 0.05) is 25.6 Å². The van der Waals surface area contributed by atoms with Gasteiger partial charge < -0.3 is 15.0 Å². The molecule has 2 rings (SSSR count). The normalized spacial score (nSPS) is 19.3. The first kappa shape index (κ1) is 15.8. The van der Waals surface area contributed by atoms with Gasteiger partial charge >= 0.3 is 0 Å². The molecule has 4 heteroatoms. The van der Waals surface area contributed by atoms with Crippen molar-refractivity contribution in [1.82, 2.24) is 10.2 Å². The minimum Gasteiger partial charge on any atom is -0.496 e. The molecule has 116 valence electrons. The molecule has 0 radical (unpaired) electrons. The number of methoxy groups -OCH3 is 1. The van der Waals surface area contributed by atoms with Gasteiger partial charge in [-0.3, -0.25) is 4.79 Å². The first-order chi connectivity index (χ1) is 10.1. The predicted molar refractivity (Wildman–Crippen MR) is 84.6 cm³/mol. The summed E-state index contributed by atoms with van der Waals surface area (Å²) < 4.78 is 5.38. The van der Waals surface area contributed by atoms with Crippen molar-refractivity contribution in [1.29, 1.82) is 0 Å². The third-order valence-corrected chi connectivity index (χ3v) is 4.35. The Labute approximate surface area is 127 Å². The zero-order valence-electron chi connectivity index (χ0n) is 13.3. The van der Waals surface area contributed by atoms with Crippen molar-refractivity contribution in [3.63, 3.8) is 0 Å². The minimum absolute atomic E-state index is 0.162. The Kier molecular flexibility index (Phi) is 5.62. The molecule has 1 saturated heterocycles. The second-order valence-electron chi connectivity index (χ2n) is 5.87. The highest BCUT2D eigenvalue weighted by molar-refractivity contribution is 5.77. The van der Waals surface area contributed by atoms with Crippen molar-refractivity contribution in [3.8, 4) is 5.75 Å². The summed E-state index contributed by atoms with van der Waals surface area (Å²) in [5, 5.41) is 3.38. The summed E-state index contributed by atoms with van der Waals surface area (Å²) in [6.07, 6.45) is 3.70. The zero-order valence-corrected chi connectivity index (χ0v) is 13.3. The van der Waals surface area contributed by atoms with Crippen LogP contribution in [-0.2, 0) is 11.2 Å². The molecule has 0 aromatic heterocycles. The number of likely N-dealkylation sites (N-methyl/N-ethyl adjacent to an activating group) is 1. The number of para-hydroxylation sites is 1. The van der Waals surface area contributed by atoms with E-state index in [2.05, 4.69) is 18.3 Å².